The number of benzene rings is 1. The van der Waals surface area contributed by atoms with Gasteiger partial charge in [-0.25, -0.2) is 4.79 Å². The predicted molar refractivity (Wildman–Crippen MR) is 91.8 cm³/mol. The van der Waals surface area contributed by atoms with E-state index >= 15 is 0 Å². The fraction of sp³-hybridized carbons (Fsp3) is 0.500. The molecule has 2 N–H and O–H groups in total. The minimum atomic E-state index is -0.0802. The van der Waals surface area contributed by atoms with Crippen LogP contribution >= 0.6 is 31.9 Å². The van der Waals surface area contributed by atoms with Crippen molar-refractivity contribution in [2.45, 2.75) is 13.5 Å². The molecule has 0 fully saturated rings. The average Bonchev–Trinajstić information content (AvgIpc) is 2.42. The third kappa shape index (κ3) is 6.23. The molecule has 0 aliphatic heterocycles. The molecular weight excluding hydrogens is 402 g/mol. The van der Waals surface area contributed by atoms with Crippen LogP contribution in [0.15, 0.2) is 21.1 Å². The second kappa shape index (κ2) is 9.27. The molecule has 0 atom stereocenters. The van der Waals surface area contributed by atoms with E-state index in [1.807, 2.05) is 19.1 Å². The fourth-order valence-electron chi connectivity index (χ4n) is 1.65. The first-order chi connectivity index (χ1) is 9.95. The maximum Gasteiger partial charge on any atom is 0.316 e. The second-order valence-corrected chi connectivity index (χ2v) is 6.33. The zero-order valence-electron chi connectivity index (χ0n) is 12.5. The van der Waals surface area contributed by atoms with E-state index < -0.39 is 0 Å². The molecule has 0 radical (unpaired) electrons. The molecule has 118 valence electrons. The summed E-state index contributed by atoms with van der Waals surface area (Å²) in [6, 6.07) is 3.98. The summed E-state index contributed by atoms with van der Waals surface area (Å²) in [5.74, 6) is 0.819. The molecule has 1 aromatic carbocycles. The maximum atomic E-state index is 11.3. The molecule has 0 heterocycles. The van der Waals surface area contributed by atoms with Crippen LogP contribution in [0.25, 0.3) is 0 Å². The van der Waals surface area contributed by atoms with E-state index in [1.165, 1.54) is 4.90 Å². The summed E-state index contributed by atoms with van der Waals surface area (Å²) in [5, 5.41) is 6.09. The predicted octanol–water partition coefficient (Wildman–Crippen LogP) is 2.97. The van der Waals surface area contributed by atoms with Crippen molar-refractivity contribution in [1.29, 1.82) is 0 Å². The van der Waals surface area contributed by atoms with Gasteiger partial charge in [-0.05, 0) is 56.5 Å². The van der Waals surface area contributed by atoms with Crippen molar-refractivity contribution >= 4 is 37.9 Å². The third-order valence-corrected chi connectivity index (χ3v) is 3.84. The van der Waals surface area contributed by atoms with Gasteiger partial charge in [-0.3, -0.25) is 0 Å². The van der Waals surface area contributed by atoms with Crippen LogP contribution in [0.2, 0.25) is 0 Å². The zero-order valence-corrected chi connectivity index (χ0v) is 15.7. The summed E-state index contributed by atoms with van der Waals surface area (Å²) in [7, 11) is 3.44. The van der Waals surface area contributed by atoms with Crippen molar-refractivity contribution in [3.63, 3.8) is 0 Å². The highest BCUT2D eigenvalue weighted by atomic mass is 79.9. The minimum Gasteiger partial charge on any atom is -0.492 e. The quantitative estimate of drug-likeness (QED) is 0.664. The minimum absolute atomic E-state index is 0.0802. The average molecular weight is 423 g/mol. The molecule has 0 aliphatic rings. The van der Waals surface area contributed by atoms with Gasteiger partial charge in [0.05, 0.1) is 15.6 Å². The maximum absolute atomic E-state index is 11.3. The Hall–Kier alpha value is -0.790. The van der Waals surface area contributed by atoms with Crippen molar-refractivity contribution in [2.24, 2.45) is 0 Å². The number of urea groups is 1. The lowest BCUT2D eigenvalue weighted by atomic mass is 10.2. The molecule has 0 spiro atoms. The van der Waals surface area contributed by atoms with Crippen molar-refractivity contribution in [1.82, 2.24) is 15.5 Å². The first kappa shape index (κ1) is 18.3. The van der Waals surface area contributed by atoms with Gasteiger partial charge in [-0.15, -0.1) is 0 Å². The van der Waals surface area contributed by atoms with Crippen LogP contribution in [0, 0.1) is 0 Å². The Balaban J connectivity index is 2.41. The number of nitrogens with one attached hydrogen (secondary N) is 2. The Morgan fingerprint density at radius 2 is 1.86 bits per heavy atom. The molecule has 0 aromatic heterocycles. The molecule has 1 rings (SSSR count). The number of nitrogens with zero attached hydrogens (tertiary/aromatic N) is 1. The van der Waals surface area contributed by atoms with Crippen LogP contribution in [0.3, 0.4) is 0 Å². The number of ether oxygens (including phenoxy) is 1. The number of carbonyl (C=O) groups excluding carboxylic acids is 1. The molecule has 0 bridgehead atoms. The van der Waals surface area contributed by atoms with Crippen LogP contribution in [-0.4, -0.2) is 44.7 Å². The Kier molecular flexibility index (Phi) is 8.06. The van der Waals surface area contributed by atoms with Crippen molar-refractivity contribution in [3.8, 4) is 5.75 Å². The largest absolute Gasteiger partial charge is 0.492 e. The van der Waals surface area contributed by atoms with Crippen molar-refractivity contribution < 1.29 is 9.53 Å². The molecule has 0 saturated carbocycles. The highest BCUT2D eigenvalue weighted by molar-refractivity contribution is 9.11. The van der Waals surface area contributed by atoms with E-state index in [4.69, 9.17) is 4.74 Å². The van der Waals surface area contributed by atoms with Gasteiger partial charge < -0.3 is 20.3 Å². The SMILES string of the molecule is CCOc1c(Br)cc(CNCCNC(=O)N(C)C)cc1Br. The van der Waals surface area contributed by atoms with Crippen LogP contribution < -0.4 is 15.4 Å². The summed E-state index contributed by atoms with van der Waals surface area (Å²) in [6.07, 6.45) is 0. The molecule has 0 unspecified atom stereocenters. The van der Waals surface area contributed by atoms with Crippen LogP contribution in [-0.2, 0) is 6.54 Å². The molecule has 2 amide bonds. The van der Waals surface area contributed by atoms with Crippen molar-refractivity contribution in [3.05, 3.63) is 26.6 Å². The topological polar surface area (TPSA) is 53.6 Å². The van der Waals surface area contributed by atoms with Gasteiger partial charge in [0.25, 0.3) is 0 Å². The number of rotatable bonds is 7. The van der Waals surface area contributed by atoms with Gasteiger partial charge in [0.15, 0.2) is 0 Å². The number of hydrogen-bond donors (Lipinski definition) is 2. The monoisotopic (exact) mass is 421 g/mol. The van der Waals surface area contributed by atoms with E-state index in [0.29, 0.717) is 19.7 Å². The Morgan fingerprint density at radius 1 is 1.24 bits per heavy atom. The highest BCUT2D eigenvalue weighted by Crippen LogP contribution is 2.34. The molecule has 21 heavy (non-hydrogen) atoms. The molecular formula is C14H21Br2N3O2. The Bertz CT molecular complexity index is 458. The van der Waals surface area contributed by atoms with Crippen LogP contribution in [0.4, 0.5) is 4.79 Å². The van der Waals surface area contributed by atoms with E-state index in [-0.39, 0.29) is 6.03 Å². The lowest BCUT2D eigenvalue weighted by Crippen LogP contribution is -2.38. The van der Waals surface area contributed by atoms with Crippen molar-refractivity contribution in [2.75, 3.05) is 33.8 Å². The van der Waals surface area contributed by atoms with Gasteiger partial charge in [0, 0.05) is 33.7 Å². The van der Waals surface area contributed by atoms with Gasteiger partial charge in [-0.1, -0.05) is 0 Å². The van der Waals surface area contributed by atoms with E-state index in [1.54, 1.807) is 14.1 Å². The highest BCUT2D eigenvalue weighted by Gasteiger charge is 2.08. The van der Waals surface area contributed by atoms with E-state index in [2.05, 4.69) is 42.5 Å². The normalized spacial score (nSPS) is 10.3. The Morgan fingerprint density at radius 3 is 2.38 bits per heavy atom. The molecule has 5 nitrogen and oxygen atoms in total. The van der Waals surface area contributed by atoms with Gasteiger partial charge in [-0.2, -0.15) is 0 Å². The molecule has 7 heteroatoms. The number of halogens is 2. The summed E-state index contributed by atoms with van der Waals surface area (Å²) in [4.78, 5) is 12.8. The first-order valence-corrected chi connectivity index (χ1v) is 8.30. The second-order valence-electron chi connectivity index (χ2n) is 4.62. The summed E-state index contributed by atoms with van der Waals surface area (Å²) in [6.45, 7) is 4.61. The molecule has 0 saturated heterocycles. The van der Waals surface area contributed by atoms with Gasteiger partial charge in [0.1, 0.15) is 5.75 Å². The van der Waals surface area contributed by atoms with Gasteiger partial charge in [0.2, 0.25) is 0 Å². The summed E-state index contributed by atoms with van der Waals surface area (Å²) < 4.78 is 7.40. The van der Waals surface area contributed by atoms with Crippen LogP contribution in [0.1, 0.15) is 12.5 Å². The Labute approximate surface area is 142 Å². The summed E-state index contributed by atoms with van der Waals surface area (Å²) in [5.41, 5.74) is 1.14. The lowest BCUT2D eigenvalue weighted by molar-refractivity contribution is 0.217. The number of hydrogen-bond acceptors (Lipinski definition) is 3. The summed E-state index contributed by atoms with van der Waals surface area (Å²) >= 11 is 7.02. The molecule has 1 aromatic rings. The first-order valence-electron chi connectivity index (χ1n) is 6.72. The fourth-order valence-corrected chi connectivity index (χ4v) is 3.16. The molecule has 0 aliphatic carbocycles. The smallest absolute Gasteiger partial charge is 0.316 e. The standard InChI is InChI=1S/C14H21Br2N3O2/c1-4-21-13-11(15)7-10(8-12(13)16)9-17-5-6-18-14(20)19(2)3/h7-8,17H,4-6,9H2,1-3H3,(H,18,20). The third-order valence-electron chi connectivity index (χ3n) is 2.66. The van der Waals surface area contributed by atoms with Gasteiger partial charge >= 0.3 is 6.03 Å². The lowest BCUT2D eigenvalue weighted by Gasteiger charge is -2.13. The van der Waals surface area contributed by atoms with E-state index in [9.17, 15) is 4.79 Å². The zero-order chi connectivity index (χ0) is 15.8. The number of carbonyl (C=O) groups is 1. The van der Waals surface area contributed by atoms with E-state index in [0.717, 1.165) is 26.8 Å². The number of amides is 2. The van der Waals surface area contributed by atoms with Crippen LogP contribution in [0.5, 0.6) is 5.75 Å².